The summed E-state index contributed by atoms with van der Waals surface area (Å²) in [7, 11) is 0. The molecule has 1 heterocycles. The molecule has 6 nitrogen and oxygen atoms in total. The molecule has 0 bridgehead atoms. The predicted molar refractivity (Wildman–Crippen MR) is 111 cm³/mol. The zero-order valence-electron chi connectivity index (χ0n) is 14.9. The summed E-state index contributed by atoms with van der Waals surface area (Å²) in [6.07, 6.45) is 2.47. The molecular weight excluding hydrogens is 469 g/mol. The van der Waals surface area contributed by atoms with Crippen LogP contribution in [0.5, 0.6) is 11.5 Å². The molecule has 0 amide bonds. The largest absolute Gasteiger partial charge is 0.490 e. The molecule has 1 aromatic heterocycles. The number of aliphatic imine (C=N–C) groups is 1. The van der Waals surface area contributed by atoms with Crippen LogP contribution in [0, 0.1) is 0 Å². The minimum atomic E-state index is -2.91. The van der Waals surface area contributed by atoms with Crippen LogP contribution in [0.25, 0.3) is 0 Å². The number of halogens is 3. The van der Waals surface area contributed by atoms with Gasteiger partial charge < -0.3 is 20.5 Å². The van der Waals surface area contributed by atoms with Crippen molar-refractivity contribution in [2.45, 2.75) is 26.5 Å². The number of nitrogens with one attached hydrogen (secondary N) is 1. The highest BCUT2D eigenvalue weighted by Gasteiger charge is 2.11. The smallest absolute Gasteiger partial charge is 0.387 e. The van der Waals surface area contributed by atoms with E-state index < -0.39 is 6.61 Å². The summed E-state index contributed by atoms with van der Waals surface area (Å²) >= 11 is 0. The van der Waals surface area contributed by atoms with E-state index in [1.54, 1.807) is 25.3 Å². The van der Waals surface area contributed by atoms with Crippen LogP contribution < -0.4 is 20.5 Å². The summed E-state index contributed by atoms with van der Waals surface area (Å²) in [6.45, 7) is 0.0937. The van der Waals surface area contributed by atoms with Crippen LogP contribution in [0.15, 0.2) is 47.6 Å². The minimum Gasteiger partial charge on any atom is -0.490 e. The highest BCUT2D eigenvalue weighted by Crippen LogP contribution is 2.30. The molecular formula is C18H23F2IN4O2. The fourth-order valence-corrected chi connectivity index (χ4v) is 2.21. The molecule has 9 heteroatoms. The van der Waals surface area contributed by atoms with E-state index in [-0.39, 0.29) is 42.0 Å². The van der Waals surface area contributed by atoms with Gasteiger partial charge in [0, 0.05) is 24.9 Å². The summed E-state index contributed by atoms with van der Waals surface area (Å²) in [4.78, 5) is 8.46. The van der Waals surface area contributed by atoms with E-state index in [9.17, 15) is 8.78 Å². The van der Waals surface area contributed by atoms with Gasteiger partial charge in [0.15, 0.2) is 17.5 Å². The van der Waals surface area contributed by atoms with Gasteiger partial charge in [0.05, 0.1) is 13.2 Å². The van der Waals surface area contributed by atoms with Gasteiger partial charge in [-0.2, -0.15) is 8.78 Å². The summed E-state index contributed by atoms with van der Waals surface area (Å²) in [6, 6.07) is 10.4. The van der Waals surface area contributed by atoms with E-state index in [1.807, 2.05) is 18.2 Å². The van der Waals surface area contributed by atoms with Crippen molar-refractivity contribution in [3.05, 3.63) is 53.9 Å². The fourth-order valence-electron chi connectivity index (χ4n) is 2.21. The first-order valence-electron chi connectivity index (χ1n) is 8.22. The Hall–Kier alpha value is -2.17. The third kappa shape index (κ3) is 8.37. The SMILES string of the molecule is CCOc1cc(CN=C(N)NCCc2ccccn2)ccc1OC(F)F.I. The van der Waals surface area contributed by atoms with Gasteiger partial charge in [0.2, 0.25) is 0 Å². The van der Waals surface area contributed by atoms with Gasteiger partial charge in [0.1, 0.15) is 0 Å². The number of nitrogens with two attached hydrogens (primary N) is 1. The molecule has 1 aromatic carbocycles. The molecule has 148 valence electrons. The van der Waals surface area contributed by atoms with Crippen LogP contribution in [0.4, 0.5) is 8.78 Å². The molecule has 0 unspecified atom stereocenters. The number of alkyl halides is 2. The summed E-state index contributed by atoms with van der Waals surface area (Å²) < 4.78 is 34.6. The van der Waals surface area contributed by atoms with Crippen LogP contribution in [0.2, 0.25) is 0 Å². The third-order valence-corrected chi connectivity index (χ3v) is 3.37. The van der Waals surface area contributed by atoms with Crippen molar-refractivity contribution in [1.82, 2.24) is 10.3 Å². The molecule has 0 spiro atoms. The first kappa shape index (κ1) is 22.9. The van der Waals surface area contributed by atoms with Gasteiger partial charge in [-0.05, 0) is 36.8 Å². The van der Waals surface area contributed by atoms with Crippen molar-refractivity contribution in [2.24, 2.45) is 10.7 Å². The Labute approximate surface area is 174 Å². The molecule has 0 aliphatic rings. The number of hydrogen-bond acceptors (Lipinski definition) is 4. The Morgan fingerprint density at radius 1 is 1.26 bits per heavy atom. The molecule has 0 atom stereocenters. The number of pyridine rings is 1. The lowest BCUT2D eigenvalue weighted by Crippen LogP contribution is -2.33. The van der Waals surface area contributed by atoms with Crippen molar-refractivity contribution < 1.29 is 18.3 Å². The molecule has 27 heavy (non-hydrogen) atoms. The summed E-state index contributed by atoms with van der Waals surface area (Å²) in [5.41, 5.74) is 7.57. The monoisotopic (exact) mass is 492 g/mol. The van der Waals surface area contributed by atoms with Gasteiger partial charge in [-0.1, -0.05) is 12.1 Å². The van der Waals surface area contributed by atoms with Gasteiger partial charge in [-0.15, -0.1) is 24.0 Å². The maximum Gasteiger partial charge on any atom is 0.387 e. The Morgan fingerprint density at radius 2 is 2.07 bits per heavy atom. The number of hydrogen-bond donors (Lipinski definition) is 2. The Morgan fingerprint density at radius 3 is 2.74 bits per heavy atom. The Kier molecular flexibility index (Phi) is 10.4. The lowest BCUT2D eigenvalue weighted by molar-refractivity contribution is -0.0514. The van der Waals surface area contributed by atoms with Crippen LogP contribution in [0.3, 0.4) is 0 Å². The van der Waals surface area contributed by atoms with E-state index in [2.05, 4.69) is 20.0 Å². The number of rotatable bonds is 9. The summed E-state index contributed by atoms with van der Waals surface area (Å²) in [5.74, 6) is 0.546. The third-order valence-electron chi connectivity index (χ3n) is 3.37. The molecule has 0 aliphatic carbocycles. The predicted octanol–water partition coefficient (Wildman–Crippen LogP) is 3.35. The van der Waals surface area contributed by atoms with Gasteiger partial charge in [-0.25, -0.2) is 4.99 Å². The first-order valence-corrected chi connectivity index (χ1v) is 8.22. The van der Waals surface area contributed by atoms with Crippen molar-refractivity contribution in [3.63, 3.8) is 0 Å². The van der Waals surface area contributed by atoms with E-state index in [1.165, 1.54) is 6.07 Å². The van der Waals surface area contributed by atoms with Crippen molar-refractivity contribution in [1.29, 1.82) is 0 Å². The average Bonchev–Trinajstić information content (AvgIpc) is 2.62. The average molecular weight is 492 g/mol. The van der Waals surface area contributed by atoms with Crippen LogP contribution in [-0.4, -0.2) is 30.7 Å². The zero-order chi connectivity index (χ0) is 18.8. The summed E-state index contributed by atoms with van der Waals surface area (Å²) in [5, 5.41) is 3.01. The molecule has 3 N–H and O–H groups in total. The topological polar surface area (TPSA) is 81.8 Å². The number of guanidine groups is 1. The highest BCUT2D eigenvalue weighted by molar-refractivity contribution is 14.0. The van der Waals surface area contributed by atoms with E-state index in [4.69, 9.17) is 10.5 Å². The maximum atomic E-state index is 12.4. The quantitative estimate of drug-likeness (QED) is 0.319. The number of aromatic nitrogens is 1. The van der Waals surface area contributed by atoms with E-state index in [0.717, 1.165) is 17.7 Å². The molecule has 0 fully saturated rings. The molecule has 0 saturated heterocycles. The molecule has 0 aliphatic heterocycles. The van der Waals surface area contributed by atoms with Crippen molar-refractivity contribution in [3.8, 4) is 11.5 Å². The normalized spacial score (nSPS) is 11.0. The van der Waals surface area contributed by atoms with Crippen molar-refractivity contribution in [2.75, 3.05) is 13.2 Å². The molecule has 2 rings (SSSR count). The van der Waals surface area contributed by atoms with E-state index in [0.29, 0.717) is 19.1 Å². The Balaban J connectivity index is 0.00000364. The number of ether oxygens (including phenoxy) is 2. The lowest BCUT2D eigenvalue weighted by atomic mass is 10.2. The van der Waals surface area contributed by atoms with Crippen molar-refractivity contribution >= 4 is 29.9 Å². The van der Waals surface area contributed by atoms with Gasteiger partial charge >= 0.3 is 6.61 Å². The minimum absolute atomic E-state index is 0. The second kappa shape index (κ2) is 12.3. The fraction of sp³-hybridized carbons (Fsp3) is 0.333. The van der Waals surface area contributed by atoms with Gasteiger partial charge in [-0.3, -0.25) is 4.98 Å². The number of nitrogens with zero attached hydrogens (tertiary/aromatic N) is 2. The zero-order valence-corrected chi connectivity index (χ0v) is 17.2. The van der Waals surface area contributed by atoms with E-state index >= 15 is 0 Å². The molecule has 2 aromatic rings. The van der Waals surface area contributed by atoms with Crippen LogP contribution in [-0.2, 0) is 13.0 Å². The Bertz CT molecular complexity index is 718. The maximum absolute atomic E-state index is 12.4. The highest BCUT2D eigenvalue weighted by atomic mass is 127. The molecule has 0 saturated carbocycles. The standard InChI is InChI=1S/C18H22F2N4O2.HI/c1-2-25-16-11-13(6-7-15(16)26-17(19)20)12-24-18(21)23-10-8-14-5-3-4-9-22-14;/h3-7,9,11,17H,2,8,10,12H2,1H3,(H3,21,23,24);1H. The number of benzene rings is 1. The lowest BCUT2D eigenvalue weighted by Gasteiger charge is -2.12. The van der Waals surface area contributed by atoms with Crippen LogP contribution in [0.1, 0.15) is 18.2 Å². The first-order chi connectivity index (χ1) is 12.6. The second-order valence-corrected chi connectivity index (χ2v) is 5.29. The van der Waals surface area contributed by atoms with Gasteiger partial charge in [0.25, 0.3) is 0 Å². The van der Waals surface area contributed by atoms with Crippen LogP contribution >= 0.6 is 24.0 Å². The molecule has 0 radical (unpaired) electrons. The second-order valence-electron chi connectivity index (χ2n) is 5.29.